The molecule has 1 heterocycles. The van der Waals surface area contributed by atoms with Crippen molar-refractivity contribution in [2.75, 3.05) is 13.7 Å². The third kappa shape index (κ3) is 3.64. The van der Waals surface area contributed by atoms with Gasteiger partial charge in [-0.3, -0.25) is 4.68 Å². The molecule has 0 bridgehead atoms. The van der Waals surface area contributed by atoms with E-state index in [2.05, 4.69) is 47.1 Å². The fourth-order valence-electron chi connectivity index (χ4n) is 2.53. The Kier molecular flexibility index (Phi) is 5.39. The molecule has 0 aliphatic carbocycles. The van der Waals surface area contributed by atoms with E-state index in [4.69, 9.17) is 4.74 Å². The van der Waals surface area contributed by atoms with Gasteiger partial charge in [-0.2, -0.15) is 5.10 Å². The van der Waals surface area contributed by atoms with Gasteiger partial charge in [-0.25, -0.2) is 0 Å². The van der Waals surface area contributed by atoms with Gasteiger partial charge < -0.3 is 10.1 Å². The van der Waals surface area contributed by atoms with Gasteiger partial charge in [0, 0.05) is 6.54 Å². The quantitative estimate of drug-likeness (QED) is 0.849. The number of ether oxygens (including phenoxy) is 1. The molecule has 0 aliphatic rings. The molecule has 1 unspecified atom stereocenters. The second-order valence-electron chi connectivity index (χ2n) is 5.19. The lowest BCUT2D eigenvalue weighted by Gasteiger charge is -2.20. The maximum Gasteiger partial charge on any atom is 0.118 e. The average molecular weight is 287 g/mol. The van der Waals surface area contributed by atoms with Gasteiger partial charge in [0.05, 0.1) is 24.5 Å². The SMILES string of the molecule is CCCNC(c1ccc(OC)cc1)c1cc(C)nn1CC. The minimum Gasteiger partial charge on any atom is -0.497 e. The smallest absolute Gasteiger partial charge is 0.118 e. The highest BCUT2D eigenvalue weighted by molar-refractivity contribution is 5.34. The van der Waals surface area contributed by atoms with Crippen molar-refractivity contribution in [3.05, 3.63) is 47.3 Å². The highest BCUT2D eigenvalue weighted by atomic mass is 16.5. The zero-order valence-corrected chi connectivity index (χ0v) is 13.4. The monoisotopic (exact) mass is 287 g/mol. The largest absolute Gasteiger partial charge is 0.497 e. The molecule has 0 fully saturated rings. The molecular formula is C17H25N3O. The van der Waals surface area contributed by atoms with Gasteiger partial charge in [0.2, 0.25) is 0 Å². The Labute approximate surface area is 127 Å². The Hall–Kier alpha value is -1.81. The summed E-state index contributed by atoms with van der Waals surface area (Å²) in [6.07, 6.45) is 1.10. The molecule has 0 spiro atoms. The predicted molar refractivity (Wildman–Crippen MR) is 85.8 cm³/mol. The minimum atomic E-state index is 0.164. The fraction of sp³-hybridized carbons (Fsp3) is 0.471. The normalized spacial score (nSPS) is 12.4. The second kappa shape index (κ2) is 7.27. The third-order valence-corrected chi connectivity index (χ3v) is 3.58. The maximum atomic E-state index is 5.25. The Balaban J connectivity index is 2.36. The lowest BCUT2D eigenvalue weighted by atomic mass is 10.0. The molecule has 0 aliphatic heterocycles. The molecule has 2 aromatic rings. The Morgan fingerprint density at radius 2 is 1.95 bits per heavy atom. The molecule has 0 radical (unpaired) electrons. The molecule has 0 amide bonds. The number of hydrogen-bond acceptors (Lipinski definition) is 3. The number of aromatic nitrogens is 2. The van der Waals surface area contributed by atoms with Crippen molar-refractivity contribution < 1.29 is 4.74 Å². The number of nitrogens with one attached hydrogen (secondary N) is 1. The van der Waals surface area contributed by atoms with Gasteiger partial charge in [0.25, 0.3) is 0 Å². The topological polar surface area (TPSA) is 39.1 Å². The molecular weight excluding hydrogens is 262 g/mol. The van der Waals surface area contributed by atoms with Crippen LogP contribution in [0.1, 0.15) is 43.3 Å². The molecule has 114 valence electrons. The Bertz CT molecular complexity index is 560. The van der Waals surface area contributed by atoms with Gasteiger partial charge in [-0.15, -0.1) is 0 Å². The van der Waals surface area contributed by atoms with Crippen LogP contribution in [-0.2, 0) is 6.54 Å². The van der Waals surface area contributed by atoms with E-state index in [-0.39, 0.29) is 6.04 Å². The van der Waals surface area contributed by atoms with Crippen molar-refractivity contribution in [2.45, 2.75) is 39.8 Å². The molecule has 1 N–H and O–H groups in total. The van der Waals surface area contributed by atoms with Crippen molar-refractivity contribution in [2.24, 2.45) is 0 Å². The highest BCUT2D eigenvalue weighted by Gasteiger charge is 2.18. The fourth-order valence-corrected chi connectivity index (χ4v) is 2.53. The molecule has 4 nitrogen and oxygen atoms in total. The molecule has 4 heteroatoms. The van der Waals surface area contributed by atoms with Crippen LogP contribution in [0.15, 0.2) is 30.3 Å². The van der Waals surface area contributed by atoms with Crippen LogP contribution >= 0.6 is 0 Å². The van der Waals surface area contributed by atoms with Crippen LogP contribution in [0.3, 0.4) is 0 Å². The number of aryl methyl sites for hydroxylation is 2. The number of rotatable bonds is 7. The van der Waals surface area contributed by atoms with Crippen LogP contribution in [0.25, 0.3) is 0 Å². The maximum absolute atomic E-state index is 5.25. The van der Waals surface area contributed by atoms with E-state index in [1.807, 2.05) is 19.1 Å². The lowest BCUT2D eigenvalue weighted by molar-refractivity contribution is 0.414. The van der Waals surface area contributed by atoms with Gasteiger partial charge in [-0.1, -0.05) is 19.1 Å². The van der Waals surface area contributed by atoms with Crippen LogP contribution in [0.5, 0.6) is 5.75 Å². The first-order valence-corrected chi connectivity index (χ1v) is 7.61. The average Bonchev–Trinajstić information content (AvgIpc) is 2.89. The van der Waals surface area contributed by atoms with E-state index < -0.39 is 0 Å². The second-order valence-corrected chi connectivity index (χ2v) is 5.19. The highest BCUT2D eigenvalue weighted by Crippen LogP contribution is 2.25. The summed E-state index contributed by atoms with van der Waals surface area (Å²) in [5.74, 6) is 0.883. The van der Waals surface area contributed by atoms with Gasteiger partial charge in [0.15, 0.2) is 0 Å². The summed E-state index contributed by atoms with van der Waals surface area (Å²) in [5.41, 5.74) is 3.51. The van der Waals surface area contributed by atoms with Crippen LogP contribution in [0.2, 0.25) is 0 Å². The first-order valence-electron chi connectivity index (χ1n) is 7.61. The van der Waals surface area contributed by atoms with Gasteiger partial charge in [-0.05, 0) is 50.6 Å². The summed E-state index contributed by atoms with van der Waals surface area (Å²) >= 11 is 0. The summed E-state index contributed by atoms with van der Waals surface area (Å²) in [6, 6.07) is 10.6. The zero-order chi connectivity index (χ0) is 15.2. The van der Waals surface area contributed by atoms with Crippen molar-refractivity contribution >= 4 is 0 Å². The third-order valence-electron chi connectivity index (χ3n) is 3.58. The van der Waals surface area contributed by atoms with E-state index in [0.717, 1.165) is 31.0 Å². The summed E-state index contributed by atoms with van der Waals surface area (Å²) < 4.78 is 7.32. The molecule has 1 atom stereocenters. The summed E-state index contributed by atoms with van der Waals surface area (Å²) in [4.78, 5) is 0. The van der Waals surface area contributed by atoms with Crippen molar-refractivity contribution in [1.82, 2.24) is 15.1 Å². The predicted octanol–water partition coefficient (Wildman–Crippen LogP) is 3.31. The van der Waals surface area contributed by atoms with Crippen LogP contribution in [0.4, 0.5) is 0 Å². The van der Waals surface area contributed by atoms with E-state index in [1.165, 1.54) is 11.3 Å². The number of hydrogen-bond donors (Lipinski definition) is 1. The Morgan fingerprint density at radius 3 is 2.52 bits per heavy atom. The van der Waals surface area contributed by atoms with Crippen LogP contribution in [-0.4, -0.2) is 23.4 Å². The van der Waals surface area contributed by atoms with Crippen molar-refractivity contribution in [3.8, 4) is 5.75 Å². The van der Waals surface area contributed by atoms with E-state index >= 15 is 0 Å². The number of nitrogens with zero attached hydrogens (tertiary/aromatic N) is 2. The van der Waals surface area contributed by atoms with Crippen LogP contribution < -0.4 is 10.1 Å². The summed E-state index contributed by atoms with van der Waals surface area (Å²) in [6.45, 7) is 8.20. The number of benzene rings is 1. The first kappa shape index (κ1) is 15.6. The van der Waals surface area contributed by atoms with Crippen molar-refractivity contribution in [3.63, 3.8) is 0 Å². The van der Waals surface area contributed by atoms with E-state index in [1.54, 1.807) is 7.11 Å². The first-order chi connectivity index (χ1) is 10.2. The van der Waals surface area contributed by atoms with Gasteiger partial charge in [0.1, 0.15) is 5.75 Å². The molecule has 1 aromatic carbocycles. The molecule has 0 saturated carbocycles. The van der Waals surface area contributed by atoms with Gasteiger partial charge >= 0.3 is 0 Å². The van der Waals surface area contributed by atoms with Crippen molar-refractivity contribution in [1.29, 1.82) is 0 Å². The summed E-state index contributed by atoms with van der Waals surface area (Å²) in [5, 5.41) is 8.20. The van der Waals surface area contributed by atoms with E-state index in [0.29, 0.717) is 0 Å². The molecule has 0 saturated heterocycles. The Morgan fingerprint density at radius 1 is 1.24 bits per heavy atom. The standard InChI is InChI=1S/C17H25N3O/c1-5-11-18-17(14-7-9-15(21-4)10-8-14)16-12-13(3)19-20(16)6-2/h7-10,12,17-18H,5-6,11H2,1-4H3. The molecule has 1 aromatic heterocycles. The zero-order valence-electron chi connectivity index (χ0n) is 13.4. The molecule has 2 rings (SSSR count). The molecule has 21 heavy (non-hydrogen) atoms. The van der Waals surface area contributed by atoms with Crippen LogP contribution in [0, 0.1) is 6.92 Å². The lowest BCUT2D eigenvalue weighted by Crippen LogP contribution is -2.25. The summed E-state index contributed by atoms with van der Waals surface area (Å²) in [7, 11) is 1.69. The number of methoxy groups -OCH3 is 1. The minimum absolute atomic E-state index is 0.164. The van der Waals surface area contributed by atoms with E-state index in [9.17, 15) is 0 Å².